The average molecular weight is 460 g/mol. The third-order valence-electron chi connectivity index (χ3n) is 3.52. The van der Waals surface area contributed by atoms with Gasteiger partial charge in [0.15, 0.2) is 5.78 Å². The first-order chi connectivity index (χ1) is 12.1. The summed E-state index contributed by atoms with van der Waals surface area (Å²) in [5.41, 5.74) is 1.25. The van der Waals surface area contributed by atoms with Crippen molar-refractivity contribution >= 4 is 43.6 Å². The highest BCUT2D eigenvalue weighted by Crippen LogP contribution is 2.33. The van der Waals surface area contributed by atoms with E-state index in [1.54, 1.807) is 60.7 Å². The van der Waals surface area contributed by atoms with Crippen LogP contribution < -0.4 is 4.74 Å². The minimum atomic E-state index is -0.517. The Balaban J connectivity index is 2.00. The molecule has 0 amide bonds. The number of benzene rings is 3. The average Bonchev–Trinajstić information content (AvgIpc) is 2.65. The number of esters is 1. The summed E-state index contributed by atoms with van der Waals surface area (Å²) in [6, 6.07) is 20.8. The second kappa shape index (κ2) is 7.76. The van der Waals surface area contributed by atoms with Crippen LogP contribution in [0.5, 0.6) is 5.75 Å². The van der Waals surface area contributed by atoms with Gasteiger partial charge in [-0.1, -0.05) is 48.5 Å². The largest absolute Gasteiger partial charge is 0.422 e. The highest BCUT2D eigenvalue weighted by atomic mass is 79.9. The zero-order valence-corrected chi connectivity index (χ0v) is 16.1. The molecule has 0 spiro atoms. The number of halogens is 2. The molecule has 5 heteroatoms. The van der Waals surface area contributed by atoms with Crippen LogP contribution in [0.25, 0.3) is 0 Å². The molecule has 0 bridgehead atoms. The SMILES string of the molecule is O=C(Oc1cc(Br)c(Br)cc1C(=O)c1ccccc1)c1ccccc1. The quantitative estimate of drug-likeness (QED) is 0.287. The molecule has 0 radical (unpaired) electrons. The lowest BCUT2D eigenvalue weighted by atomic mass is 10.0. The van der Waals surface area contributed by atoms with Gasteiger partial charge in [-0.2, -0.15) is 0 Å². The molecule has 0 unspecified atom stereocenters. The smallest absolute Gasteiger partial charge is 0.343 e. The van der Waals surface area contributed by atoms with Crippen LogP contribution in [0.2, 0.25) is 0 Å². The molecule has 0 saturated carbocycles. The van der Waals surface area contributed by atoms with Gasteiger partial charge < -0.3 is 4.74 Å². The molecule has 124 valence electrons. The number of rotatable bonds is 4. The Kier molecular flexibility index (Phi) is 5.46. The van der Waals surface area contributed by atoms with Crippen molar-refractivity contribution in [3.05, 3.63) is 98.4 Å². The van der Waals surface area contributed by atoms with Gasteiger partial charge in [0.05, 0.1) is 11.1 Å². The zero-order valence-electron chi connectivity index (χ0n) is 12.9. The highest BCUT2D eigenvalue weighted by Gasteiger charge is 2.19. The molecule has 0 aliphatic heterocycles. The molecule has 0 saturated heterocycles. The lowest BCUT2D eigenvalue weighted by Gasteiger charge is -2.11. The summed E-state index contributed by atoms with van der Waals surface area (Å²) < 4.78 is 6.89. The third kappa shape index (κ3) is 4.06. The lowest BCUT2D eigenvalue weighted by Crippen LogP contribution is -2.12. The molecule has 0 fully saturated rings. The fourth-order valence-electron chi connectivity index (χ4n) is 2.27. The topological polar surface area (TPSA) is 43.4 Å². The predicted octanol–water partition coefficient (Wildman–Crippen LogP) is 5.66. The summed E-state index contributed by atoms with van der Waals surface area (Å²) in [6.45, 7) is 0. The Morgan fingerprint density at radius 1 is 0.720 bits per heavy atom. The molecule has 0 aliphatic carbocycles. The van der Waals surface area contributed by atoms with Crippen molar-refractivity contribution in [1.82, 2.24) is 0 Å². The first kappa shape index (κ1) is 17.6. The molecule has 0 N–H and O–H groups in total. The number of ketones is 1. The fraction of sp³-hybridized carbons (Fsp3) is 0. The van der Waals surface area contributed by atoms with Crippen LogP contribution >= 0.6 is 31.9 Å². The van der Waals surface area contributed by atoms with E-state index in [1.165, 1.54) is 0 Å². The van der Waals surface area contributed by atoms with Crippen LogP contribution in [0, 0.1) is 0 Å². The number of ether oxygens (including phenoxy) is 1. The molecule has 3 nitrogen and oxygen atoms in total. The lowest BCUT2D eigenvalue weighted by molar-refractivity contribution is 0.0733. The van der Waals surface area contributed by atoms with Gasteiger partial charge in [-0.05, 0) is 56.1 Å². The van der Waals surface area contributed by atoms with Crippen molar-refractivity contribution in [2.45, 2.75) is 0 Å². The van der Waals surface area contributed by atoms with Gasteiger partial charge in [-0.3, -0.25) is 4.79 Å². The van der Waals surface area contributed by atoms with Crippen LogP contribution in [-0.2, 0) is 0 Å². The van der Waals surface area contributed by atoms with E-state index in [0.29, 0.717) is 25.6 Å². The summed E-state index contributed by atoms with van der Waals surface area (Å²) in [7, 11) is 0. The third-order valence-corrected chi connectivity index (χ3v) is 5.36. The number of hydrogen-bond acceptors (Lipinski definition) is 3. The van der Waals surface area contributed by atoms with Crippen molar-refractivity contribution in [3.8, 4) is 5.75 Å². The summed E-state index contributed by atoms with van der Waals surface area (Å²) in [5.74, 6) is -0.528. The minimum absolute atomic E-state index is 0.206. The molecule has 3 rings (SSSR count). The molecular weight excluding hydrogens is 448 g/mol. The summed E-state index contributed by atoms with van der Waals surface area (Å²) in [6.07, 6.45) is 0. The van der Waals surface area contributed by atoms with E-state index in [1.807, 2.05) is 12.1 Å². The van der Waals surface area contributed by atoms with Gasteiger partial charge >= 0.3 is 5.97 Å². The summed E-state index contributed by atoms with van der Waals surface area (Å²) in [5, 5.41) is 0. The standard InChI is InChI=1S/C20H12Br2O3/c21-16-11-15(19(23)13-7-3-1-4-8-13)18(12-17(16)22)25-20(24)14-9-5-2-6-10-14/h1-12H. The van der Waals surface area contributed by atoms with Crippen LogP contribution in [0.1, 0.15) is 26.3 Å². The zero-order chi connectivity index (χ0) is 17.8. The summed E-state index contributed by atoms with van der Waals surface area (Å²) in [4.78, 5) is 25.2. The molecular formula is C20H12Br2O3. The normalized spacial score (nSPS) is 10.3. The van der Waals surface area contributed by atoms with E-state index < -0.39 is 5.97 Å². The fourth-order valence-corrected chi connectivity index (χ4v) is 2.93. The first-order valence-corrected chi connectivity index (χ1v) is 9.01. The van der Waals surface area contributed by atoms with Gasteiger partial charge in [-0.25, -0.2) is 4.79 Å². The predicted molar refractivity (Wildman–Crippen MR) is 103 cm³/mol. The second-order valence-corrected chi connectivity index (χ2v) is 6.92. The van der Waals surface area contributed by atoms with Gasteiger partial charge in [-0.15, -0.1) is 0 Å². The van der Waals surface area contributed by atoms with Crippen molar-refractivity contribution < 1.29 is 14.3 Å². The van der Waals surface area contributed by atoms with E-state index >= 15 is 0 Å². The van der Waals surface area contributed by atoms with Crippen LogP contribution in [-0.4, -0.2) is 11.8 Å². The molecule has 0 aliphatic rings. The van der Waals surface area contributed by atoms with E-state index in [-0.39, 0.29) is 11.5 Å². The van der Waals surface area contributed by atoms with Gasteiger partial charge in [0.2, 0.25) is 0 Å². The number of carbonyl (C=O) groups excluding carboxylic acids is 2. The maximum Gasteiger partial charge on any atom is 0.343 e. The molecule has 0 heterocycles. The Hall–Kier alpha value is -2.24. The molecule has 0 atom stereocenters. The monoisotopic (exact) mass is 458 g/mol. The van der Waals surface area contributed by atoms with Crippen molar-refractivity contribution in [1.29, 1.82) is 0 Å². The molecule has 3 aromatic carbocycles. The Bertz CT molecular complexity index is 922. The van der Waals surface area contributed by atoms with Crippen LogP contribution in [0.15, 0.2) is 81.7 Å². The maximum absolute atomic E-state index is 12.8. The Morgan fingerprint density at radius 3 is 1.84 bits per heavy atom. The Labute approximate surface area is 161 Å². The van der Waals surface area contributed by atoms with E-state index in [4.69, 9.17) is 4.74 Å². The maximum atomic E-state index is 12.8. The first-order valence-electron chi connectivity index (χ1n) is 7.42. The van der Waals surface area contributed by atoms with Crippen LogP contribution in [0.4, 0.5) is 0 Å². The second-order valence-electron chi connectivity index (χ2n) is 5.21. The number of hydrogen-bond donors (Lipinski definition) is 0. The Morgan fingerprint density at radius 2 is 1.24 bits per heavy atom. The van der Waals surface area contributed by atoms with Crippen molar-refractivity contribution in [3.63, 3.8) is 0 Å². The van der Waals surface area contributed by atoms with Gasteiger partial charge in [0.25, 0.3) is 0 Å². The van der Waals surface area contributed by atoms with E-state index in [0.717, 1.165) is 0 Å². The van der Waals surface area contributed by atoms with E-state index in [9.17, 15) is 9.59 Å². The summed E-state index contributed by atoms with van der Waals surface area (Å²) >= 11 is 6.77. The van der Waals surface area contributed by atoms with Crippen LogP contribution in [0.3, 0.4) is 0 Å². The van der Waals surface area contributed by atoms with Gasteiger partial charge in [0, 0.05) is 14.5 Å². The van der Waals surface area contributed by atoms with E-state index in [2.05, 4.69) is 31.9 Å². The number of carbonyl (C=O) groups is 2. The molecule has 3 aromatic rings. The van der Waals surface area contributed by atoms with Crippen molar-refractivity contribution in [2.24, 2.45) is 0 Å². The molecule has 25 heavy (non-hydrogen) atoms. The molecule has 0 aromatic heterocycles. The highest BCUT2D eigenvalue weighted by molar-refractivity contribution is 9.13. The van der Waals surface area contributed by atoms with Gasteiger partial charge in [0.1, 0.15) is 5.75 Å². The minimum Gasteiger partial charge on any atom is -0.422 e. The van der Waals surface area contributed by atoms with Crippen molar-refractivity contribution in [2.75, 3.05) is 0 Å².